The number of anilines is 2. The summed E-state index contributed by atoms with van der Waals surface area (Å²) in [7, 11) is 0. The summed E-state index contributed by atoms with van der Waals surface area (Å²) >= 11 is 0. The third kappa shape index (κ3) is 5.40. The quantitative estimate of drug-likeness (QED) is 0.494. The van der Waals surface area contributed by atoms with Crippen molar-refractivity contribution < 1.29 is 27.6 Å². The summed E-state index contributed by atoms with van der Waals surface area (Å²) in [4.78, 5) is 36.0. The van der Waals surface area contributed by atoms with Gasteiger partial charge in [0, 0.05) is 23.7 Å². The topological polar surface area (TPSA) is 75.3 Å². The number of hydrogen-bond acceptors (Lipinski definition) is 3. The van der Waals surface area contributed by atoms with Gasteiger partial charge >= 0.3 is 6.18 Å². The van der Waals surface area contributed by atoms with E-state index in [4.69, 9.17) is 0 Å². The maximum atomic E-state index is 12.7. The van der Waals surface area contributed by atoms with Crippen molar-refractivity contribution in [1.29, 1.82) is 0 Å². The number of rotatable bonds is 5. The minimum atomic E-state index is -4.50. The van der Waals surface area contributed by atoms with Crippen LogP contribution in [0.1, 0.15) is 40.1 Å². The van der Waals surface area contributed by atoms with Crippen molar-refractivity contribution in [2.45, 2.75) is 20.0 Å². The van der Waals surface area contributed by atoms with Crippen molar-refractivity contribution >= 4 is 29.0 Å². The van der Waals surface area contributed by atoms with Gasteiger partial charge in [-0.05, 0) is 66.6 Å². The fourth-order valence-corrected chi connectivity index (χ4v) is 3.11. The van der Waals surface area contributed by atoms with Gasteiger partial charge in [0.25, 0.3) is 5.91 Å². The lowest BCUT2D eigenvalue weighted by molar-refractivity contribution is -0.137. The van der Waals surface area contributed by atoms with E-state index in [1.165, 1.54) is 13.8 Å². The highest BCUT2D eigenvalue weighted by atomic mass is 19.4. The molecule has 0 aliphatic rings. The van der Waals surface area contributed by atoms with E-state index in [0.29, 0.717) is 11.3 Å². The predicted molar refractivity (Wildman–Crippen MR) is 116 cm³/mol. The van der Waals surface area contributed by atoms with E-state index < -0.39 is 17.6 Å². The number of halogens is 3. The van der Waals surface area contributed by atoms with Crippen LogP contribution in [0, 0.1) is 0 Å². The van der Waals surface area contributed by atoms with Crippen molar-refractivity contribution in [2.24, 2.45) is 0 Å². The van der Waals surface area contributed by atoms with Gasteiger partial charge in [-0.25, -0.2) is 0 Å². The first-order valence-corrected chi connectivity index (χ1v) is 9.56. The highest BCUT2D eigenvalue weighted by Gasteiger charge is 2.30. The Morgan fingerprint density at radius 3 is 2.03 bits per heavy atom. The van der Waals surface area contributed by atoms with E-state index in [1.54, 1.807) is 36.4 Å². The highest BCUT2D eigenvalue weighted by Crippen LogP contribution is 2.30. The van der Waals surface area contributed by atoms with Crippen LogP contribution in [0.25, 0.3) is 11.1 Å². The van der Waals surface area contributed by atoms with Gasteiger partial charge in [0.15, 0.2) is 5.78 Å². The number of benzene rings is 3. The molecule has 0 saturated heterocycles. The minimum Gasteiger partial charge on any atom is -0.326 e. The van der Waals surface area contributed by atoms with Crippen LogP contribution in [0.15, 0.2) is 66.7 Å². The van der Waals surface area contributed by atoms with E-state index in [2.05, 4.69) is 10.6 Å². The van der Waals surface area contributed by atoms with Crippen LogP contribution < -0.4 is 10.6 Å². The van der Waals surface area contributed by atoms with E-state index >= 15 is 0 Å². The second-order valence-electron chi connectivity index (χ2n) is 7.11. The van der Waals surface area contributed by atoms with Crippen molar-refractivity contribution in [1.82, 2.24) is 0 Å². The molecule has 0 atom stereocenters. The van der Waals surface area contributed by atoms with Gasteiger partial charge in [-0.3, -0.25) is 14.4 Å². The van der Waals surface area contributed by atoms with E-state index in [1.807, 2.05) is 6.07 Å². The lowest BCUT2D eigenvalue weighted by Crippen LogP contribution is -2.15. The van der Waals surface area contributed by atoms with E-state index in [0.717, 1.165) is 29.8 Å². The Morgan fingerprint density at radius 1 is 0.781 bits per heavy atom. The molecule has 0 aliphatic heterocycles. The first-order valence-electron chi connectivity index (χ1n) is 9.56. The van der Waals surface area contributed by atoms with Crippen LogP contribution in [-0.4, -0.2) is 17.6 Å². The molecule has 0 spiro atoms. The van der Waals surface area contributed by atoms with Gasteiger partial charge < -0.3 is 10.6 Å². The maximum absolute atomic E-state index is 12.7. The zero-order chi connectivity index (χ0) is 23.5. The first-order chi connectivity index (χ1) is 15.0. The summed E-state index contributed by atoms with van der Waals surface area (Å²) in [5, 5.41) is 5.27. The summed E-state index contributed by atoms with van der Waals surface area (Å²) in [6.45, 7) is 2.75. The second kappa shape index (κ2) is 9.05. The number of nitrogens with one attached hydrogen (secondary N) is 2. The zero-order valence-electron chi connectivity index (χ0n) is 17.2. The summed E-state index contributed by atoms with van der Waals surface area (Å²) < 4.78 is 38.1. The molecule has 2 amide bonds. The number of alkyl halides is 3. The van der Waals surface area contributed by atoms with E-state index in [9.17, 15) is 27.6 Å². The normalized spacial score (nSPS) is 11.0. The van der Waals surface area contributed by atoms with Crippen molar-refractivity contribution in [3.05, 3.63) is 83.4 Å². The molecule has 3 aromatic carbocycles. The van der Waals surface area contributed by atoms with Crippen LogP contribution in [-0.2, 0) is 11.0 Å². The van der Waals surface area contributed by atoms with Gasteiger partial charge in [-0.2, -0.15) is 13.2 Å². The second-order valence-corrected chi connectivity index (χ2v) is 7.11. The number of Topliss-reactive ketones (excluding diaryl/α,β-unsaturated/α-hetero) is 1. The lowest BCUT2D eigenvalue weighted by atomic mass is 9.99. The number of carbonyl (C=O) groups excluding carboxylic acids is 3. The molecular formula is C24H19F3N2O3. The first kappa shape index (κ1) is 22.7. The molecule has 0 aliphatic carbocycles. The van der Waals surface area contributed by atoms with E-state index in [-0.39, 0.29) is 28.5 Å². The molecule has 0 aromatic heterocycles. The SMILES string of the molecule is CC(=O)Nc1cccc(-c2ccc(NC(=O)c3ccc(C(F)(F)F)cc3)c(C(C)=O)c2)c1. The molecule has 3 rings (SSSR count). The number of hydrogen-bond donors (Lipinski definition) is 2. The molecule has 2 N–H and O–H groups in total. The zero-order valence-corrected chi connectivity index (χ0v) is 17.2. The Labute approximate surface area is 182 Å². The van der Waals surface area contributed by atoms with Crippen LogP contribution in [0.3, 0.4) is 0 Å². The molecule has 3 aromatic rings. The van der Waals surface area contributed by atoms with Gasteiger partial charge in [0.2, 0.25) is 5.91 Å². The van der Waals surface area contributed by atoms with Crippen molar-refractivity contribution in [3.63, 3.8) is 0 Å². The Morgan fingerprint density at radius 2 is 1.44 bits per heavy atom. The molecular weight excluding hydrogens is 421 g/mol. The van der Waals surface area contributed by atoms with Crippen LogP contribution in [0.5, 0.6) is 0 Å². The molecule has 0 saturated carbocycles. The molecule has 0 fully saturated rings. The third-order valence-electron chi connectivity index (χ3n) is 4.64. The van der Waals surface area contributed by atoms with Gasteiger partial charge in [-0.15, -0.1) is 0 Å². The average Bonchev–Trinajstić information content (AvgIpc) is 2.73. The van der Waals surface area contributed by atoms with Crippen LogP contribution in [0.4, 0.5) is 24.5 Å². The summed E-state index contributed by atoms with van der Waals surface area (Å²) in [5.74, 6) is -1.15. The average molecular weight is 440 g/mol. The third-order valence-corrected chi connectivity index (χ3v) is 4.64. The monoisotopic (exact) mass is 440 g/mol. The van der Waals surface area contributed by atoms with Crippen LogP contribution >= 0.6 is 0 Å². The molecule has 0 radical (unpaired) electrons. The molecule has 0 bridgehead atoms. The smallest absolute Gasteiger partial charge is 0.326 e. The molecule has 5 nitrogen and oxygen atoms in total. The highest BCUT2D eigenvalue weighted by molar-refractivity contribution is 6.09. The predicted octanol–water partition coefficient (Wildman–Crippen LogP) is 5.79. The van der Waals surface area contributed by atoms with Crippen molar-refractivity contribution in [3.8, 4) is 11.1 Å². The Bertz CT molecular complexity index is 1190. The Hall–Kier alpha value is -3.94. The molecule has 164 valence electrons. The van der Waals surface area contributed by atoms with Gasteiger partial charge in [0.05, 0.1) is 11.3 Å². The van der Waals surface area contributed by atoms with Crippen molar-refractivity contribution in [2.75, 3.05) is 10.6 Å². The fraction of sp³-hybridized carbons (Fsp3) is 0.125. The molecule has 0 unspecified atom stereocenters. The lowest BCUT2D eigenvalue weighted by Gasteiger charge is -2.13. The number of amides is 2. The summed E-state index contributed by atoms with van der Waals surface area (Å²) in [6.07, 6.45) is -4.50. The van der Waals surface area contributed by atoms with Gasteiger partial charge in [0.1, 0.15) is 0 Å². The standard InChI is InChI=1S/C24H19F3N2O3/c1-14(30)21-13-18(17-4-3-5-20(12-17)28-15(2)31)8-11-22(21)29-23(32)16-6-9-19(10-7-16)24(25,26)27/h3-13H,1-2H3,(H,28,31)(H,29,32). The number of carbonyl (C=O) groups is 3. The molecule has 8 heteroatoms. The van der Waals surface area contributed by atoms with Gasteiger partial charge in [-0.1, -0.05) is 18.2 Å². The fourth-order valence-electron chi connectivity index (χ4n) is 3.11. The summed E-state index contributed by atoms with van der Waals surface area (Å²) in [6, 6.07) is 15.7. The minimum absolute atomic E-state index is 0.0274. The van der Waals surface area contributed by atoms with Crippen LogP contribution in [0.2, 0.25) is 0 Å². The number of ketones is 1. The largest absolute Gasteiger partial charge is 0.416 e. The maximum Gasteiger partial charge on any atom is 0.416 e. The molecule has 32 heavy (non-hydrogen) atoms. The Kier molecular flexibility index (Phi) is 6.43. The molecule has 0 heterocycles. The Balaban J connectivity index is 1.88. The summed E-state index contributed by atoms with van der Waals surface area (Å²) in [5.41, 5.74) is 1.69.